The Hall–Kier alpha value is -1.55. The molecule has 0 spiro atoms. The van der Waals surface area contributed by atoms with Gasteiger partial charge in [0, 0.05) is 18.7 Å². The van der Waals surface area contributed by atoms with Gasteiger partial charge in [0.05, 0.1) is 12.7 Å². The van der Waals surface area contributed by atoms with Crippen molar-refractivity contribution in [1.29, 1.82) is 0 Å². The van der Waals surface area contributed by atoms with Gasteiger partial charge in [-0.25, -0.2) is 4.79 Å². The fraction of sp³-hybridized carbons (Fsp3) is 0.500. The van der Waals surface area contributed by atoms with Crippen molar-refractivity contribution in [2.75, 3.05) is 27.2 Å². The number of nitrogens with zero attached hydrogens (tertiary/aromatic N) is 1. The van der Waals surface area contributed by atoms with E-state index in [9.17, 15) is 4.79 Å². The standard InChI is InChI=1S/C14H19NO3/c1-10-12(14(16)17-3)5-4-6-13(10)18-11-7-8-15(2)9-11/h4-6,11H,7-9H2,1-3H3. The molecule has 0 amide bonds. The van der Waals surface area contributed by atoms with E-state index in [1.807, 2.05) is 19.1 Å². The number of ether oxygens (including phenoxy) is 2. The molecule has 1 saturated heterocycles. The lowest BCUT2D eigenvalue weighted by Crippen LogP contribution is -2.22. The molecule has 1 aromatic rings. The Morgan fingerprint density at radius 1 is 1.44 bits per heavy atom. The van der Waals surface area contributed by atoms with Gasteiger partial charge in [-0.2, -0.15) is 0 Å². The van der Waals surface area contributed by atoms with E-state index in [-0.39, 0.29) is 12.1 Å². The first-order valence-electron chi connectivity index (χ1n) is 6.15. The molecule has 1 fully saturated rings. The number of likely N-dealkylation sites (N-methyl/N-ethyl adjacent to an activating group) is 1. The molecule has 0 aliphatic carbocycles. The summed E-state index contributed by atoms with van der Waals surface area (Å²) >= 11 is 0. The van der Waals surface area contributed by atoms with Crippen LogP contribution < -0.4 is 4.74 Å². The first-order valence-corrected chi connectivity index (χ1v) is 6.15. The van der Waals surface area contributed by atoms with Crippen LogP contribution in [-0.2, 0) is 4.74 Å². The predicted molar refractivity (Wildman–Crippen MR) is 69.0 cm³/mol. The molecular formula is C14H19NO3. The minimum Gasteiger partial charge on any atom is -0.489 e. The van der Waals surface area contributed by atoms with Crippen LogP contribution in [0.5, 0.6) is 5.75 Å². The van der Waals surface area contributed by atoms with Gasteiger partial charge in [-0.15, -0.1) is 0 Å². The van der Waals surface area contributed by atoms with E-state index in [0.717, 1.165) is 30.8 Å². The van der Waals surface area contributed by atoms with Crippen molar-refractivity contribution in [2.24, 2.45) is 0 Å². The highest BCUT2D eigenvalue weighted by atomic mass is 16.5. The van der Waals surface area contributed by atoms with Crippen LogP contribution in [0.25, 0.3) is 0 Å². The van der Waals surface area contributed by atoms with Gasteiger partial charge in [-0.1, -0.05) is 6.07 Å². The molecule has 1 atom stereocenters. The molecule has 0 N–H and O–H groups in total. The topological polar surface area (TPSA) is 38.8 Å². The molecule has 0 radical (unpaired) electrons. The van der Waals surface area contributed by atoms with Gasteiger partial charge < -0.3 is 14.4 Å². The van der Waals surface area contributed by atoms with Gasteiger partial charge in [0.1, 0.15) is 11.9 Å². The lowest BCUT2D eigenvalue weighted by Gasteiger charge is -2.16. The summed E-state index contributed by atoms with van der Waals surface area (Å²) in [7, 11) is 3.47. The maximum atomic E-state index is 11.6. The van der Waals surface area contributed by atoms with Gasteiger partial charge in [0.2, 0.25) is 0 Å². The highest BCUT2D eigenvalue weighted by Gasteiger charge is 2.22. The van der Waals surface area contributed by atoms with Crippen LogP contribution in [0.4, 0.5) is 0 Å². The normalized spacial score (nSPS) is 19.8. The molecule has 98 valence electrons. The fourth-order valence-electron chi connectivity index (χ4n) is 2.24. The van der Waals surface area contributed by atoms with E-state index in [1.54, 1.807) is 6.07 Å². The maximum absolute atomic E-state index is 11.6. The summed E-state index contributed by atoms with van der Waals surface area (Å²) in [6.07, 6.45) is 1.24. The molecule has 4 nitrogen and oxygen atoms in total. The molecule has 4 heteroatoms. The number of benzene rings is 1. The van der Waals surface area contributed by atoms with Gasteiger partial charge in [-0.05, 0) is 32.5 Å². The Kier molecular flexibility index (Phi) is 3.87. The molecule has 0 saturated carbocycles. The van der Waals surface area contributed by atoms with E-state index in [4.69, 9.17) is 9.47 Å². The number of carbonyl (C=O) groups is 1. The maximum Gasteiger partial charge on any atom is 0.338 e. The van der Waals surface area contributed by atoms with E-state index < -0.39 is 0 Å². The van der Waals surface area contributed by atoms with E-state index in [2.05, 4.69) is 11.9 Å². The van der Waals surface area contributed by atoms with E-state index in [1.165, 1.54) is 7.11 Å². The molecule has 0 aromatic heterocycles. The molecule has 1 aliphatic heterocycles. The van der Waals surface area contributed by atoms with Crippen molar-refractivity contribution in [1.82, 2.24) is 4.90 Å². The smallest absolute Gasteiger partial charge is 0.338 e. The number of hydrogen-bond donors (Lipinski definition) is 0. The van der Waals surface area contributed by atoms with Crippen molar-refractivity contribution in [3.8, 4) is 5.75 Å². The predicted octanol–water partition coefficient (Wildman–Crippen LogP) is 1.86. The largest absolute Gasteiger partial charge is 0.489 e. The zero-order valence-electron chi connectivity index (χ0n) is 11.1. The van der Waals surface area contributed by atoms with Gasteiger partial charge in [0.15, 0.2) is 0 Å². The number of hydrogen-bond acceptors (Lipinski definition) is 4. The summed E-state index contributed by atoms with van der Waals surface area (Å²) in [5, 5.41) is 0. The van der Waals surface area contributed by atoms with Crippen LogP contribution in [0.1, 0.15) is 22.3 Å². The molecular weight excluding hydrogens is 230 g/mol. The molecule has 0 bridgehead atoms. The Morgan fingerprint density at radius 3 is 2.83 bits per heavy atom. The Bertz CT molecular complexity index is 445. The Labute approximate surface area is 107 Å². The summed E-state index contributed by atoms with van der Waals surface area (Å²) < 4.78 is 10.7. The average Bonchev–Trinajstić information content (AvgIpc) is 2.76. The number of carbonyl (C=O) groups excluding carboxylic acids is 1. The van der Waals surface area contributed by atoms with Crippen LogP contribution in [0.2, 0.25) is 0 Å². The third-order valence-corrected chi connectivity index (χ3v) is 3.33. The number of likely N-dealkylation sites (tertiary alicyclic amines) is 1. The Balaban J connectivity index is 2.16. The summed E-state index contributed by atoms with van der Waals surface area (Å²) in [5.41, 5.74) is 1.42. The summed E-state index contributed by atoms with van der Waals surface area (Å²) in [5.74, 6) is 0.458. The third kappa shape index (κ3) is 2.64. The molecule has 2 rings (SSSR count). The van der Waals surface area contributed by atoms with Crippen LogP contribution in [-0.4, -0.2) is 44.2 Å². The van der Waals surface area contributed by atoms with Gasteiger partial charge in [-0.3, -0.25) is 0 Å². The SMILES string of the molecule is COC(=O)c1cccc(OC2CCN(C)C2)c1C. The average molecular weight is 249 g/mol. The molecule has 1 aromatic carbocycles. The fourth-order valence-corrected chi connectivity index (χ4v) is 2.24. The second kappa shape index (κ2) is 5.40. The second-order valence-electron chi connectivity index (χ2n) is 4.71. The van der Waals surface area contributed by atoms with Crippen LogP contribution in [0.15, 0.2) is 18.2 Å². The second-order valence-corrected chi connectivity index (χ2v) is 4.71. The first kappa shape index (κ1) is 12.9. The zero-order chi connectivity index (χ0) is 13.1. The monoisotopic (exact) mass is 249 g/mol. The minimum absolute atomic E-state index is 0.210. The zero-order valence-corrected chi connectivity index (χ0v) is 11.1. The quantitative estimate of drug-likeness (QED) is 0.767. The molecule has 1 heterocycles. The van der Waals surface area contributed by atoms with Gasteiger partial charge in [0.25, 0.3) is 0 Å². The van der Waals surface area contributed by atoms with Crippen LogP contribution >= 0.6 is 0 Å². The lowest BCUT2D eigenvalue weighted by molar-refractivity contribution is 0.0599. The minimum atomic E-state index is -0.318. The van der Waals surface area contributed by atoms with Crippen molar-refractivity contribution in [2.45, 2.75) is 19.4 Å². The number of methoxy groups -OCH3 is 1. The molecule has 1 unspecified atom stereocenters. The van der Waals surface area contributed by atoms with Gasteiger partial charge >= 0.3 is 5.97 Å². The third-order valence-electron chi connectivity index (χ3n) is 3.33. The lowest BCUT2D eigenvalue weighted by atomic mass is 10.1. The van der Waals surface area contributed by atoms with Crippen LogP contribution in [0.3, 0.4) is 0 Å². The summed E-state index contributed by atoms with van der Waals surface area (Å²) in [4.78, 5) is 13.8. The van der Waals surface area contributed by atoms with Crippen molar-refractivity contribution in [3.05, 3.63) is 29.3 Å². The summed E-state index contributed by atoms with van der Waals surface area (Å²) in [6.45, 7) is 3.88. The highest BCUT2D eigenvalue weighted by molar-refractivity contribution is 5.91. The summed E-state index contributed by atoms with van der Waals surface area (Å²) in [6, 6.07) is 5.49. The number of rotatable bonds is 3. The first-order chi connectivity index (χ1) is 8.61. The molecule has 18 heavy (non-hydrogen) atoms. The highest BCUT2D eigenvalue weighted by Crippen LogP contribution is 2.25. The van der Waals surface area contributed by atoms with Crippen LogP contribution in [0, 0.1) is 6.92 Å². The van der Waals surface area contributed by atoms with E-state index in [0.29, 0.717) is 5.56 Å². The Morgan fingerprint density at radius 2 is 2.22 bits per heavy atom. The van der Waals surface area contributed by atoms with Crippen molar-refractivity contribution in [3.63, 3.8) is 0 Å². The molecule has 1 aliphatic rings. The van der Waals surface area contributed by atoms with Crippen molar-refractivity contribution < 1.29 is 14.3 Å². The number of esters is 1. The van der Waals surface area contributed by atoms with Crippen molar-refractivity contribution >= 4 is 5.97 Å². The van der Waals surface area contributed by atoms with E-state index >= 15 is 0 Å².